The van der Waals surface area contributed by atoms with Crippen LogP contribution in [-0.4, -0.2) is 17.4 Å². The van der Waals surface area contributed by atoms with Crippen LogP contribution in [0.3, 0.4) is 0 Å². The summed E-state index contributed by atoms with van der Waals surface area (Å²) in [4.78, 5) is 17.6. The SMILES string of the molecule is CCc1csc(N(CC(N)=O)Cc2cccc(N)c2)n1. The molecule has 0 saturated heterocycles. The first-order valence-corrected chi connectivity index (χ1v) is 7.28. The van der Waals surface area contributed by atoms with Crippen molar-refractivity contribution in [2.75, 3.05) is 17.2 Å². The van der Waals surface area contributed by atoms with Gasteiger partial charge in [-0.3, -0.25) is 4.79 Å². The van der Waals surface area contributed by atoms with Crippen molar-refractivity contribution in [2.45, 2.75) is 19.9 Å². The van der Waals surface area contributed by atoms with Gasteiger partial charge in [-0.15, -0.1) is 11.3 Å². The lowest BCUT2D eigenvalue weighted by atomic mass is 10.2. The number of nitrogen functional groups attached to an aromatic ring is 1. The third-order valence-electron chi connectivity index (χ3n) is 2.84. The maximum absolute atomic E-state index is 11.2. The van der Waals surface area contributed by atoms with Crippen molar-refractivity contribution in [3.8, 4) is 0 Å². The van der Waals surface area contributed by atoms with Gasteiger partial charge < -0.3 is 16.4 Å². The maximum Gasteiger partial charge on any atom is 0.237 e. The molecule has 1 heterocycles. The minimum atomic E-state index is -0.373. The molecule has 0 bridgehead atoms. The zero-order chi connectivity index (χ0) is 14.5. The van der Waals surface area contributed by atoms with Crippen LogP contribution in [0.15, 0.2) is 29.6 Å². The number of primary amides is 1. The van der Waals surface area contributed by atoms with Gasteiger partial charge in [0.15, 0.2) is 5.13 Å². The minimum absolute atomic E-state index is 0.144. The van der Waals surface area contributed by atoms with Crippen molar-refractivity contribution in [2.24, 2.45) is 5.73 Å². The number of carbonyl (C=O) groups excluding carboxylic acids is 1. The largest absolute Gasteiger partial charge is 0.399 e. The van der Waals surface area contributed by atoms with E-state index in [4.69, 9.17) is 11.5 Å². The van der Waals surface area contributed by atoms with Crippen LogP contribution in [0, 0.1) is 0 Å². The number of benzene rings is 1. The Morgan fingerprint density at radius 3 is 2.85 bits per heavy atom. The lowest BCUT2D eigenvalue weighted by Gasteiger charge is -2.20. The van der Waals surface area contributed by atoms with Crippen LogP contribution in [0.2, 0.25) is 0 Å². The van der Waals surface area contributed by atoms with Crippen LogP contribution in [0.4, 0.5) is 10.8 Å². The average molecular weight is 290 g/mol. The van der Waals surface area contributed by atoms with Crippen molar-refractivity contribution in [3.05, 3.63) is 40.9 Å². The molecule has 0 unspecified atom stereocenters. The summed E-state index contributed by atoms with van der Waals surface area (Å²) in [5.41, 5.74) is 13.9. The highest BCUT2D eigenvalue weighted by Gasteiger charge is 2.14. The summed E-state index contributed by atoms with van der Waals surface area (Å²) in [5.74, 6) is -0.373. The summed E-state index contributed by atoms with van der Waals surface area (Å²) in [7, 11) is 0. The second kappa shape index (κ2) is 6.38. The highest BCUT2D eigenvalue weighted by Crippen LogP contribution is 2.23. The number of amides is 1. The van der Waals surface area contributed by atoms with E-state index in [-0.39, 0.29) is 12.5 Å². The van der Waals surface area contributed by atoms with E-state index in [1.807, 2.05) is 34.5 Å². The molecule has 1 aromatic carbocycles. The third-order valence-corrected chi connectivity index (χ3v) is 3.79. The van der Waals surface area contributed by atoms with Crippen LogP contribution in [0.25, 0.3) is 0 Å². The second-order valence-electron chi connectivity index (χ2n) is 4.54. The third kappa shape index (κ3) is 3.71. The van der Waals surface area contributed by atoms with Crippen molar-refractivity contribution in [1.82, 2.24) is 4.98 Å². The molecular weight excluding hydrogens is 272 g/mol. The predicted octanol–water partition coefficient (Wildman–Crippen LogP) is 1.78. The molecule has 5 nitrogen and oxygen atoms in total. The molecule has 0 spiro atoms. The molecule has 0 aliphatic heterocycles. The van der Waals surface area contributed by atoms with E-state index in [1.54, 1.807) is 0 Å². The first-order chi connectivity index (χ1) is 9.58. The van der Waals surface area contributed by atoms with Crippen LogP contribution in [0.5, 0.6) is 0 Å². The average Bonchev–Trinajstić information content (AvgIpc) is 2.86. The molecule has 1 amide bonds. The van der Waals surface area contributed by atoms with E-state index >= 15 is 0 Å². The molecule has 1 aromatic heterocycles. The fourth-order valence-corrected chi connectivity index (χ4v) is 2.80. The molecule has 4 N–H and O–H groups in total. The maximum atomic E-state index is 11.2. The molecule has 0 aliphatic rings. The molecule has 2 rings (SSSR count). The van der Waals surface area contributed by atoms with Crippen LogP contribution in [-0.2, 0) is 17.8 Å². The summed E-state index contributed by atoms with van der Waals surface area (Å²) in [6.45, 7) is 2.76. The molecule has 0 radical (unpaired) electrons. The molecule has 2 aromatic rings. The van der Waals surface area contributed by atoms with Crippen molar-refractivity contribution in [3.63, 3.8) is 0 Å². The molecule has 6 heteroatoms. The van der Waals surface area contributed by atoms with Gasteiger partial charge in [0.2, 0.25) is 5.91 Å². The van der Waals surface area contributed by atoms with Crippen molar-refractivity contribution in [1.29, 1.82) is 0 Å². The van der Waals surface area contributed by atoms with Crippen LogP contribution < -0.4 is 16.4 Å². The van der Waals surface area contributed by atoms with Gasteiger partial charge in [0, 0.05) is 17.6 Å². The zero-order valence-electron chi connectivity index (χ0n) is 11.4. The minimum Gasteiger partial charge on any atom is -0.399 e. The van der Waals surface area contributed by atoms with Crippen molar-refractivity contribution < 1.29 is 4.79 Å². The number of hydrogen-bond donors (Lipinski definition) is 2. The Hall–Kier alpha value is -2.08. The molecule has 0 saturated carbocycles. The fraction of sp³-hybridized carbons (Fsp3) is 0.286. The van der Waals surface area contributed by atoms with Gasteiger partial charge in [-0.1, -0.05) is 19.1 Å². The van der Waals surface area contributed by atoms with Gasteiger partial charge in [0.05, 0.1) is 12.2 Å². The van der Waals surface area contributed by atoms with Crippen LogP contribution >= 0.6 is 11.3 Å². The quantitative estimate of drug-likeness (QED) is 0.794. The monoisotopic (exact) mass is 290 g/mol. The van der Waals surface area contributed by atoms with Crippen molar-refractivity contribution >= 4 is 28.1 Å². The standard InChI is InChI=1S/C14H18N4OS/c1-2-12-9-20-14(17-12)18(8-13(16)19)7-10-4-3-5-11(15)6-10/h3-6,9H,2,7-8,15H2,1H3,(H2,16,19). The summed E-state index contributed by atoms with van der Waals surface area (Å²) in [6.07, 6.45) is 0.874. The number of hydrogen-bond acceptors (Lipinski definition) is 5. The molecule has 0 aliphatic carbocycles. The Labute approximate surface area is 122 Å². The van der Waals surface area contributed by atoms with Crippen LogP contribution in [0.1, 0.15) is 18.2 Å². The first kappa shape index (κ1) is 14.3. The molecule has 106 valence electrons. The van der Waals surface area contributed by atoms with E-state index in [2.05, 4.69) is 11.9 Å². The van der Waals surface area contributed by atoms with Gasteiger partial charge in [-0.05, 0) is 24.1 Å². The van der Waals surface area contributed by atoms with Gasteiger partial charge in [0.1, 0.15) is 0 Å². The summed E-state index contributed by atoms with van der Waals surface area (Å²) < 4.78 is 0. The summed E-state index contributed by atoms with van der Waals surface area (Å²) >= 11 is 1.52. The number of nitrogens with two attached hydrogens (primary N) is 2. The number of aryl methyl sites for hydroxylation is 1. The summed E-state index contributed by atoms with van der Waals surface area (Å²) in [5, 5.41) is 2.81. The lowest BCUT2D eigenvalue weighted by molar-refractivity contribution is -0.116. The Morgan fingerprint density at radius 1 is 1.45 bits per heavy atom. The smallest absolute Gasteiger partial charge is 0.237 e. The molecule has 0 fully saturated rings. The number of thiazole rings is 1. The van der Waals surface area contributed by atoms with Gasteiger partial charge in [0.25, 0.3) is 0 Å². The van der Waals surface area contributed by atoms with Gasteiger partial charge in [-0.2, -0.15) is 0 Å². The van der Waals surface area contributed by atoms with Gasteiger partial charge >= 0.3 is 0 Å². The molecule has 20 heavy (non-hydrogen) atoms. The molecule has 0 atom stereocenters. The molecular formula is C14H18N4OS. The Balaban J connectivity index is 2.21. The highest BCUT2D eigenvalue weighted by atomic mass is 32.1. The zero-order valence-corrected chi connectivity index (χ0v) is 12.2. The number of anilines is 2. The Bertz CT molecular complexity index is 596. The number of carbonyl (C=O) groups is 1. The number of rotatable bonds is 6. The van der Waals surface area contributed by atoms with E-state index in [0.29, 0.717) is 12.2 Å². The van der Waals surface area contributed by atoms with Gasteiger partial charge in [-0.25, -0.2) is 4.98 Å². The number of nitrogens with zero attached hydrogens (tertiary/aromatic N) is 2. The number of aromatic nitrogens is 1. The Kier molecular flexibility index (Phi) is 4.57. The highest BCUT2D eigenvalue weighted by molar-refractivity contribution is 7.13. The fourth-order valence-electron chi connectivity index (χ4n) is 1.90. The summed E-state index contributed by atoms with van der Waals surface area (Å²) in [6, 6.07) is 7.59. The Morgan fingerprint density at radius 2 is 2.25 bits per heavy atom. The van der Waals surface area contributed by atoms with E-state index in [1.165, 1.54) is 11.3 Å². The lowest BCUT2D eigenvalue weighted by Crippen LogP contribution is -2.33. The topological polar surface area (TPSA) is 85.2 Å². The first-order valence-electron chi connectivity index (χ1n) is 6.40. The second-order valence-corrected chi connectivity index (χ2v) is 5.38. The van der Waals surface area contributed by atoms with E-state index in [0.717, 1.165) is 22.8 Å². The normalized spacial score (nSPS) is 10.4. The predicted molar refractivity (Wildman–Crippen MR) is 82.6 cm³/mol. The van der Waals surface area contributed by atoms with E-state index < -0.39 is 0 Å². The van der Waals surface area contributed by atoms with E-state index in [9.17, 15) is 4.79 Å².